The Morgan fingerprint density at radius 1 is 1.26 bits per heavy atom. The van der Waals surface area contributed by atoms with Gasteiger partial charge in [0.2, 0.25) is 0 Å². The number of thioether (sulfide) groups is 1. The van der Waals surface area contributed by atoms with E-state index >= 15 is 0 Å². The van der Waals surface area contributed by atoms with Crippen LogP contribution in [0.1, 0.15) is 27.2 Å². The molecule has 0 aromatic heterocycles. The molecular weight excluding hydrogens is 290 g/mol. The van der Waals surface area contributed by atoms with Crippen molar-refractivity contribution in [2.75, 3.05) is 0 Å². The summed E-state index contributed by atoms with van der Waals surface area (Å²) in [4.78, 5) is 5.93. The Balaban J connectivity index is 0.000000312. The molecule has 7 heteroatoms. The first-order valence-corrected chi connectivity index (χ1v) is 7.60. The third kappa shape index (κ3) is 6.91. The quantitative estimate of drug-likeness (QED) is 0.723. The zero-order valence-electron chi connectivity index (χ0n) is 10.9. The molecule has 1 N–H and O–H groups in total. The lowest BCUT2D eigenvalue weighted by atomic mass is 10.1. The van der Waals surface area contributed by atoms with Crippen LogP contribution in [0.4, 0.5) is 5.69 Å². The minimum atomic E-state index is -4.69. The molecule has 106 valence electrons. The van der Waals surface area contributed by atoms with Gasteiger partial charge in [-0.25, -0.2) is 0 Å². The first-order valence-electron chi connectivity index (χ1n) is 5.52. The average Bonchev–Trinajstić information content (AvgIpc) is 2.27. The number of para-hydroxylation sites is 1. The van der Waals surface area contributed by atoms with Gasteiger partial charge in [-0.1, -0.05) is 12.1 Å². The van der Waals surface area contributed by atoms with Crippen molar-refractivity contribution < 1.29 is 28.9 Å². The summed E-state index contributed by atoms with van der Waals surface area (Å²) in [5.74, 6) is 0. The van der Waals surface area contributed by atoms with Crippen LogP contribution in [-0.2, 0) is 0 Å². The molecule has 0 radical (unpaired) electrons. The van der Waals surface area contributed by atoms with E-state index in [4.69, 9.17) is 18.6 Å². The molecule has 0 saturated heterocycles. The monoisotopic (exact) mass is 305 g/mol. The number of hydrogen-bond donors (Lipinski definition) is 1. The normalized spacial score (nSPS) is 17.5. The lowest BCUT2D eigenvalue weighted by molar-refractivity contribution is -1.92. The van der Waals surface area contributed by atoms with Crippen molar-refractivity contribution in [3.8, 4) is 0 Å². The van der Waals surface area contributed by atoms with Gasteiger partial charge in [0.25, 0.3) is 0 Å². The van der Waals surface area contributed by atoms with Crippen LogP contribution in [0.25, 0.3) is 0 Å². The Hall–Kier alpha value is -0.630. The molecule has 0 amide bonds. The van der Waals surface area contributed by atoms with Gasteiger partial charge in [0.1, 0.15) is 0 Å². The van der Waals surface area contributed by atoms with Gasteiger partial charge in [0.15, 0.2) is 0 Å². The lowest BCUT2D eigenvalue weighted by Crippen LogP contribution is -2.58. The van der Waals surface area contributed by atoms with E-state index in [1.165, 1.54) is 10.6 Å². The van der Waals surface area contributed by atoms with E-state index < -0.39 is 10.2 Å². The number of benzene rings is 1. The fraction of sp³-hybridized carbons (Fsp3) is 0.417. The van der Waals surface area contributed by atoms with Crippen molar-refractivity contribution in [1.82, 2.24) is 0 Å². The van der Waals surface area contributed by atoms with Gasteiger partial charge >= 0.3 is 0 Å². The van der Waals surface area contributed by atoms with Crippen LogP contribution < -0.4 is 14.0 Å². The number of fused-ring (bicyclic) bond motifs is 1. The van der Waals surface area contributed by atoms with E-state index in [9.17, 15) is 0 Å². The molecule has 19 heavy (non-hydrogen) atoms. The van der Waals surface area contributed by atoms with E-state index in [1.807, 2.05) is 11.8 Å². The van der Waals surface area contributed by atoms with E-state index in [0.717, 1.165) is 12.1 Å². The van der Waals surface area contributed by atoms with E-state index in [2.05, 4.69) is 50.0 Å². The Morgan fingerprint density at radius 3 is 2.37 bits per heavy atom. The van der Waals surface area contributed by atoms with Crippen molar-refractivity contribution in [3.05, 3.63) is 24.3 Å². The number of hydrogen-bond acceptors (Lipinski definition) is 6. The van der Waals surface area contributed by atoms with Crippen molar-refractivity contribution in [2.24, 2.45) is 4.99 Å². The minimum absolute atomic E-state index is 0.264. The number of aliphatic imine (C=N–C) groups is 1. The fourth-order valence-electron chi connectivity index (χ4n) is 1.83. The van der Waals surface area contributed by atoms with Gasteiger partial charge in [0, 0.05) is 15.4 Å². The Bertz CT molecular complexity index is 465. The van der Waals surface area contributed by atoms with Gasteiger partial charge in [-0.2, -0.15) is 14.0 Å². The van der Waals surface area contributed by atoms with Crippen LogP contribution in [0.15, 0.2) is 34.2 Å². The molecule has 1 heterocycles. The summed E-state index contributed by atoms with van der Waals surface area (Å²) in [5.41, 5.74) is 2.35. The van der Waals surface area contributed by atoms with Crippen molar-refractivity contribution in [3.63, 3.8) is 0 Å². The van der Waals surface area contributed by atoms with E-state index in [-0.39, 0.29) is 4.75 Å². The first kappa shape index (κ1) is 16.4. The highest BCUT2D eigenvalue weighted by Crippen LogP contribution is 2.42. The van der Waals surface area contributed by atoms with E-state index in [1.54, 1.807) is 0 Å². The summed E-state index contributed by atoms with van der Waals surface area (Å²) in [6.07, 6.45) is 1.06. The van der Waals surface area contributed by atoms with Crippen molar-refractivity contribution >= 4 is 23.2 Å². The second-order valence-electron chi connectivity index (χ2n) is 4.75. The van der Waals surface area contributed by atoms with Crippen LogP contribution in [0, 0.1) is 10.2 Å². The van der Waals surface area contributed by atoms with Gasteiger partial charge in [-0.05, 0) is 39.3 Å². The van der Waals surface area contributed by atoms with E-state index in [0.29, 0.717) is 0 Å². The van der Waals surface area contributed by atoms with Gasteiger partial charge < -0.3 is 0 Å². The predicted octanol–water partition coefficient (Wildman–Crippen LogP) is -0.0706. The molecule has 0 fully saturated rings. The second-order valence-corrected chi connectivity index (χ2v) is 7.29. The van der Waals surface area contributed by atoms with Crippen LogP contribution in [0.5, 0.6) is 0 Å². The summed E-state index contributed by atoms with van der Waals surface area (Å²) < 4.78 is 33.0. The van der Waals surface area contributed by atoms with Crippen molar-refractivity contribution in [2.45, 2.75) is 36.8 Å². The van der Waals surface area contributed by atoms with Crippen LogP contribution in [0.3, 0.4) is 0 Å². The molecule has 1 aliphatic heterocycles. The predicted molar refractivity (Wildman–Crippen MR) is 66.0 cm³/mol. The molecule has 1 aromatic rings. The van der Waals surface area contributed by atoms with Crippen molar-refractivity contribution in [1.29, 1.82) is 0 Å². The van der Waals surface area contributed by atoms with Gasteiger partial charge in [-0.15, -0.1) is 11.8 Å². The average molecular weight is 306 g/mol. The van der Waals surface area contributed by atoms with Gasteiger partial charge in [0.05, 0.1) is 20.6 Å². The lowest BCUT2D eigenvalue weighted by Gasteiger charge is -2.21. The third-order valence-electron chi connectivity index (χ3n) is 2.24. The molecule has 0 spiro atoms. The molecule has 2 rings (SSSR count). The standard InChI is InChI=1S/C12H15NS.ClHO4/c1-9-8-12(2,3)14-11-7-5-4-6-10(11)13-9;2-1(3,4)5/h4-7H,8H2,1-3H3;(H,2,3,4,5). The SMILES string of the molecule is CC1=Nc2ccccc2SC(C)(C)C1.[O-][Cl+3]([O-])([O-])O. The summed E-state index contributed by atoms with van der Waals surface area (Å²) in [6.45, 7) is 6.67. The molecule has 0 saturated carbocycles. The molecule has 0 unspecified atom stereocenters. The maximum atomic E-state index is 8.60. The Morgan fingerprint density at radius 2 is 1.79 bits per heavy atom. The minimum Gasteiger partial charge on any atom is -0.257 e. The largest absolute Gasteiger partial charge is 0.257 e. The third-order valence-corrected chi connectivity index (χ3v) is 3.51. The molecule has 1 aromatic carbocycles. The molecule has 0 atom stereocenters. The second kappa shape index (κ2) is 6.21. The maximum Gasteiger partial charge on any atom is 0.0777 e. The molecule has 0 bridgehead atoms. The topological polar surface area (TPSA) is 102 Å². The molecule has 0 aliphatic carbocycles. The maximum absolute atomic E-state index is 8.60. The molecular formula is C12H16ClNO4S. The highest BCUT2D eigenvalue weighted by molar-refractivity contribution is 8.00. The number of rotatable bonds is 0. The number of halogens is 1. The molecule has 1 aliphatic rings. The van der Waals surface area contributed by atoms with Crippen LogP contribution >= 0.6 is 11.8 Å². The highest BCUT2D eigenvalue weighted by atomic mass is 35.7. The first-order chi connectivity index (χ1) is 8.57. The Kier molecular flexibility index (Phi) is 5.37. The van der Waals surface area contributed by atoms with Gasteiger partial charge in [-0.3, -0.25) is 4.99 Å². The zero-order valence-corrected chi connectivity index (χ0v) is 12.5. The molecule has 5 nitrogen and oxygen atoms in total. The zero-order chi connectivity index (χ0) is 14.7. The summed E-state index contributed by atoms with van der Waals surface area (Å²) in [7, 11) is -4.69. The highest BCUT2D eigenvalue weighted by Gasteiger charge is 2.24. The Labute approximate surface area is 118 Å². The fourth-order valence-corrected chi connectivity index (χ4v) is 3.07. The summed E-state index contributed by atoms with van der Waals surface area (Å²) in [5, 5.41) is 0. The summed E-state index contributed by atoms with van der Waals surface area (Å²) in [6, 6.07) is 8.38. The summed E-state index contributed by atoms with van der Waals surface area (Å²) >= 11 is 1.92. The smallest absolute Gasteiger partial charge is 0.0777 e. The number of nitrogens with zero attached hydrogens (tertiary/aromatic N) is 1. The van der Waals surface area contributed by atoms with Crippen LogP contribution in [-0.4, -0.2) is 15.1 Å². The van der Waals surface area contributed by atoms with Crippen LogP contribution in [0.2, 0.25) is 0 Å².